The first-order valence-electron chi connectivity index (χ1n) is 9.78. The number of aryl methyl sites for hydroxylation is 1. The second-order valence-corrected chi connectivity index (χ2v) is 7.37. The Labute approximate surface area is 171 Å². The number of piperazine rings is 1. The van der Waals surface area contributed by atoms with E-state index in [0.29, 0.717) is 19.0 Å². The Morgan fingerprint density at radius 2 is 1.86 bits per heavy atom. The average molecular weight is 390 g/mol. The number of amides is 1. The monoisotopic (exact) mass is 390 g/mol. The molecule has 0 atom stereocenters. The van der Waals surface area contributed by atoms with Crippen LogP contribution in [-0.4, -0.2) is 47.0 Å². The van der Waals surface area contributed by atoms with Gasteiger partial charge in [0.1, 0.15) is 11.6 Å². The van der Waals surface area contributed by atoms with Crippen LogP contribution in [0.3, 0.4) is 0 Å². The molecular weight excluding hydrogens is 364 g/mol. The van der Waals surface area contributed by atoms with Gasteiger partial charge in [0.15, 0.2) is 0 Å². The second-order valence-electron chi connectivity index (χ2n) is 7.37. The van der Waals surface area contributed by atoms with Gasteiger partial charge in [-0.2, -0.15) is 5.26 Å². The van der Waals surface area contributed by atoms with Crippen molar-refractivity contribution < 1.29 is 4.79 Å². The Kier molecular flexibility index (Phi) is 6.45. The lowest BCUT2D eigenvalue weighted by Crippen LogP contribution is -2.45. The van der Waals surface area contributed by atoms with E-state index in [0.717, 1.165) is 29.9 Å². The zero-order chi connectivity index (χ0) is 20.8. The normalized spacial score (nSPS) is 14.7. The minimum absolute atomic E-state index is 0.104. The van der Waals surface area contributed by atoms with Gasteiger partial charge in [-0.15, -0.1) is 0 Å². The standard InChI is InChI=1S/C22H26N6O/c1-16(2)19-7-4-6-17(3)20(19)26-21(29)18(14-23)15-27-10-12-28(13-11-27)22-24-8-5-9-25-22/h4-9,15-16H,10-13H2,1-3H3,(H,26,29)/b18-15-. The molecule has 0 radical (unpaired) electrons. The molecule has 7 nitrogen and oxygen atoms in total. The van der Waals surface area contributed by atoms with Gasteiger partial charge in [0, 0.05) is 50.5 Å². The first-order chi connectivity index (χ1) is 14.0. The summed E-state index contributed by atoms with van der Waals surface area (Å²) in [5.74, 6) is 0.598. The van der Waals surface area contributed by atoms with Crippen molar-refractivity contribution in [2.24, 2.45) is 0 Å². The van der Waals surface area contributed by atoms with E-state index in [2.05, 4.69) is 34.0 Å². The van der Waals surface area contributed by atoms with Crippen molar-refractivity contribution in [2.75, 3.05) is 36.4 Å². The molecule has 150 valence electrons. The minimum Gasteiger partial charge on any atom is -0.373 e. The molecule has 0 unspecified atom stereocenters. The summed E-state index contributed by atoms with van der Waals surface area (Å²) >= 11 is 0. The quantitative estimate of drug-likeness (QED) is 0.624. The van der Waals surface area contributed by atoms with Crippen LogP contribution in [0.5, 0.6) is 0 Å². The molecule has 1 aliphatic rings. The third-order valence-electron chi connectivity index (χ3n) is 4.99. The van der Waals surface area contributed by atoms with Crippen molar-refractivity contribution in [2.45, 2.75) is 26.7 Å². The van der Waals surface area contributed by atoms with E-state index >= 15 is 0 Å². The van der Waals surface area contributed by atoms with Crippen molar-refractivity contribution in [1.82, 2.24) is 14.9 Å². The molecule has 1 N–H and O–H groups in total. The van der Waals surface area contributed by atoms with Gasteiger partial charge >= 0.3 is 0 Å². The molecular formula is C22H26N6O. The lowest BCUT2D eigenvalue weighted by Gasteiger charge is -2.34. The SMILES string of the molecule is Cc1cccc(C(C)C)c1NC(=O)/C(C#N)=C\N1CCN(c2ncccn2)CC1. The summed E-state index contributed by atoms with van der Waals surface area (Å²) in [6, 6.07) is 9.79. The molecule has 29 heavy (non-hydrogen) atoms. The Hall–Kier alpha value is -3.40. The number of hydrogen-bond acceptors (Lipinski definition) is 6. The van der Waals surface area contributed by atoms with Crippen LogP contribution in [0.4, 0.5) is 11.6 Å². The fraction of sp³-hybridized carbons (Fsp3) is 0.364. The van der Waals surface area contributed by atoms with Gasteiger partial charge in [-0.05, 0) is 30.0 Å². The number of para-hydroxylation sites is 1. The minimum atomic E-state index is -0.377. The van der Waals surface area contributed by atoms with Crippen molar-refractivity contribution >= 4 is 17.5 Å². The van der Waals surface area contributed by atoms with E-state index in [4.69, 9.17) is 0 Å². The highest BCUT2D eigenvalue weighted by Crippen LogP contribution is 2.27. The van der Waals surface area contributed by atoms with Gasteiger partial charge in [-0.3, -0.25) is 4.79 Å². The third-order valence-corrected chi connectivity index (χ3v) is 4.99. The van der Waals surface area contributed by atoms with Gasteiger partial charge in [0.25, 0.3) is 5.91 Å². The van der Waals surface area contributed by atoms with Crippen LogP contribution in [0.2, 0.25) is 0 Å². The molecule has 1 aromatic heterocycles. The number of carbonyl (C=O) groups is 1. The van der Waals surface area contributed by atoms with Gasteiger partial charge < -0.3 is 15.1 Å². The van der Waals surface area contributed by atoms with Crippen molar-refractivity contribution in [1.29, 1.82) is 5.26 Å². The highest BCUT2D eigenvalue weighted by atomic mass is 16.1. The van der Waals surface area contributed by atoms with Gasteiger partial charge in [-0.1, -0.05) is 32.0 Å². The molecule has 1 amide bonds. The van der Waals surface area contributed by atoms with Gasteiger partial charge in [-0.25, -0.2) is 9.97 Å². The van der Waals surface area contributed by atoms with Crippen LogP contribution < -0.4 is 10.2 Å². The highest BCUT2D eigenvalue weighted by molar-refractivity contribution is 6.07. The largest absolute Gasteiger partial charge is 0.373 e. The Bertz CT molecular complexity index is 924. The molecule has 0 bridgehead atoms. The summed E-state index contributed by atoms with van der Waals surface area (Å²) in [7, 11) is 0. The zero-order valence-corrected chi connectivity index (χ0v) is 17.1. The maximum atomic E-state index is 12.8. The number of aromatic nitrogens is 2. The summed E-state index contributed by atoms with van der Waals surface area (Å²) in [5, 5.41) is 12.5. The Balaban J connectivity index is 1.68. The molecule has 7 heteroatoms. The molecule has 0 spiro atoms. The highest BCUT2D eigenvalue weighted by Gasteiger charge is 2.20. The molecule has 0 aliphatic carbocycles. The number of nitriles is 1. The summed E-state index contributed by atoms with van der Waals surface area (Å²) in [5.41, 5.74) is 2.94. The number of rotatable bonds is 5. The smallest absolute Gasteiger partial charge is 0.267 e. The maximum absolute atomic E-state index is 12.8. The average Bonchev–Trinajstić information content (AvgIpc) is 2.74. The fourth-order valence-electron chi connectivity index (χ4n) is 3.35. The number of hydrogen-bond donors (Lipinski definition) is 1. The molecule has 1 aromatic carbocycles. The van der Waals surface area contributed by atoms with Crippen molar-refractivity contribution in [3.63, 3.8) is 0 Å². The maximum Gasteiger partial charge on any atom is 0.267 e. The molecule has 2 heterocycles. The lowest BCUT2D eigenvalue weighted by atomic mass is 9.98. The van der Waals surface area contributed by atoms with E-state index < -0.39 is 0 Å². The number of benzene rings is 1. The van der Waals surface area contributed by atoms with Crippen LogP contribution in [0.15, 0.2) is 48.4 Å². The van der Waals surface area contributed by atoms with Crippen LogP contribution >= 0.6 is 0 Å². The van der Waals surface area contributed by atoms with Crippen LogP contribution in [0.25, 0.3) is 0 Å². The molecule has 1 aliphatic heterocycles. The van der Waals surface area contributed by atoms with E-state index in [1.807, 2.05) is 36.1 Å². The summed E-state index contributed by atoms with van der Waals surface area (Å²) in [4.78, 5) is 25.4. The summed E-state index contributed by atoms with van der Waals surface area (Å²) in [6.07, 6.45) is 5.11. The van der Waals surface area contributed by atoms with Crippen LogP contribution in [-0.2, 0) is 4.79 Å². The zero-order valence-electron chi connectivity index (χ0n) is 17.1. The summed E-state index contributed by atoms with van der Waals surface area (Å²) in [6.45, 7) is 8.98. The van der Waals surface area contributed by atoms with Crippen LogP contribution in [0, 0.1) is 18.3 Å². The molecule has 1 saturated heterocycles. The van der Waals surface area contributed by atoms with Gasteiger partial charge in [0.05, 0.1) is 0 Å². The number of anilines is 2. The predicted molar refractivity (Wildman–Crippen MR) is 113 cm³/mol. The lowest BCUT2D eigenvalue weighted by molar-refractivity contribution is -0.112. The van der Waals surface area contributed by atoms with Crippen molar-refractivity contribution in [3.8, 4) is 6.07 Å². The van der Waals surface area contributed by atoms with Gasteiger partial charge in [0.2, 0.25) is 5.95 Å². The predicted octanol–water partition coefficient (Wildman–Crippen LogP) is 3.08. The fourth-order valence-corrected chi connectivity index (χ4v) is 3.35. The number of carbonyl (C=O) groups excluding carboxylic acids is 1. The van der Waals surface area contributed by atoms with E-state index in [-0.39, 0.29) is 17.4 Å². The summed E-state index contributed by atoms with van der Waals surface area (Å²) < 4.78 is 0. The molecule has 0 saturated carbocycles. The first kappa shape index (κ1) is 20.3. The molecule has 1 fully saturated rings. The molecule has 2 aromatic rings. The first-order valence-corrected chi connectivity index (χ1v) is 9.78. The number of nitrogens with zero attached hydrogens (tertiary/aromatic N) is 5. The topological polar surface area (TPSA) is 85.2 Å². The van der Waals surface area contributed by atoms with E-state index in [1.54, 1.807) is 24.7 Å². The molecule has 3 rings (SSSR count). The van der Waals surface area contributed by atoms with Crippen LogP contribution in [0.1, 0.15) is 30.9 Å². The van der Waals surface area contributed by atoms with E-state index in [1.165, 1.54) is 0 Å². The third kappa shape index (κ3) is 4.91. The number of nitrogens with one attached hydrogen (secondary N) is 1. The Morgan fingerprint density at radius 3 is 2.48 bits per heavy atom. The Morgan fingerprint density at radius 1 is 1.17 bits per heavy atom. The second kappa shape index (κ2) is 9.20. The van der Waals surface area contributed by atoms with E-state index in [9.17, 15) is 10.1 Å². The van der Waals surface area contributed by atoms with Crippen molar-refractivity contribution in [3.05, 3.63) is 59.6 Å².